The summed E-state index contributed by atoms with van der Waals surface area (Å²) < 4.78 is 25.4. The minimum atomic E-state index is -3.61. The lowest BCUT2D eigenvalue weighted by molar-refractivity contribution is -0.137. The van der Waals surface area contributed by atoms with Gasteiger partial charge in [0.1, 0.15) is 0 Å². The largest absolute Gasteiger partial charge is 0.481 e. The number of carboxylic acids is 1. The second kappa shape index (κ2) is 5.08. The third-order valence-electron chi connectivity index (χ3n) is 1.91. The van der Waals surface area contributed by atoms with Gasteiger partial charge < -0.3 is 10.1 Å². The second-order valence-electron chi connectivity index (χ2n) is 3.47. The van der Waals surface area contributed by atoms with Gasteiger partial charge in [-0.05, 0) is 5.92 Å². The summed E-state index contributed by atoms with van der Waals surface area (Å²) in [6, 6.07) is 0. The zero-order valence-electron chi connectivity index (χ0n) is 8.67. The Morgan fingerprint density at radius 1 is 1.69 bits per heavy atom. The number of imidazole rings is 1. The Morgan fingerprint density at radius 2 is 2.38 bits per heavy atom. The number of aliphatic carboxylic acids is 1. The molecular weight excluding hydrogens is 234 g/mol. The molecule has 0 fully saturated rings. The van der Waals surface area contributed by atoms with Gasteiger partial charge in [0.15, 0.2) is 5.03 Å². The molecule has 1 rings (SSSR count). The van der Waals surface area contributed by atoms with Crippen LogP contribution in [0.15, 0.2) is 17.6 Å². The van der Waals surface area contributed by atoms with E-state index in [1.54, 1.807) is 6.92 Å². The second-order valence-corrected chi connectivity index (χ2v) is 5.21. The number of nitrogens with one attached hydrogen (secondary N) is 2. The van der Waals surface area contributed by atoms with Crippen molar-refractivity contribution in [3.05, 3.63) is 12.5 Å². The van der Waals surface area contributed by atoms with E-state index in [2.05, 4.69) is 14.7 Å². The lowest BCUT2D eigenvalue weighted by Gasteiger charge is -2.09. The summed E-state index contributed by atoms with van der Waals surface area (Å²) in [5.41, 5.74) is 0. The maximum Gasteiger partial charge on any atom is 0.303 e. The van der Waals surface area contributed by atoms with E-state index in [0.717, 1.165) is 0 Å². The van der Waals surface area contributed by atoms with Crippen molar-refractivity contribution in [1.82, 2.24) is 14.7 Å². The highest BCUT2D eigenvalue weighted by atomic mass is 32.2. The first-order valence-corrected chi connectivity index (χ1v) is 6.10. The number of sulfonamides is 1. The van der Waals surface area contributed by atoms with Crippen molar-refractivity contribution < 1.29 is 18.3 Å². The van der Waals surface area contributed by atoms with Gasteiger partial charge in [-0.1, -0.05) is 6.92 Å². The predicted molar refractivity (Wildman–Crippen MR) is 55.2 cm³/mol. The molecule has 0 saturated carbocycles. The Kier molecular flexibility index (Phi) is 4.02. The van der Waals surface area contributed by atoms with Crippen molar-refractivity contribution in [3.8, 4) is 0 Å². The number of hydrogen-bond acceptors (Lipinski definition) is 4. The molecule has 0 aliphatic rings. The molecule has 0 saturated heterocycles. The monoisotopic (exact) mass is 247 g/mol. The van der Waals surface area contributed by atoms with Crippen LogP contribution in [0.4, 0.5) is 0 Å². The Bertz CT molecular complexity index is 440. The molecule has 1 aromatic rings. The van der Waals surface area contributed by atoms with Crippen molar-refractivity contribution in [3.63, 3.8) is 0 Å². The number of rotatable bonds is 6. The minimum Gasteiger partial charge on any atom is -0.481 e. The molecule has 16 heavy (non-hydrogen) atoms. The average Bonchev–Trinajstić information content (AvgIpc) is 2.67. The van der Waals surface area contributed by atoms with Crippen LogP contribution in [-0.2, 0) is 14.8 Å². The third kappa shape index (κ3) is 3.63. The van der Waals surface area contributed by atoms with E-state index in [-0.39, 0.29) is 23.9 Å². The van der Waals surface area contributed by atoms with Crippen molar-refractivity contribution in [1.29, 1.82) is 0 Å². The summed E-state index contributed by atoms with van der Waals surface area (Å²) in [5.74, 6) is -1.22. The first-order valence-electron chi connectivity index (χ1n) is 4.61. The van der Waals surface area contributed by atoms with Crippen molar-refractivity contribution in [2.24, 2.45) is 5.92 Å². The van der Waals surface area contributed by atoms with Crippen molar-refractivity contribution in [2.45, 2.75) is 18.4 Å². The van der Waals surface area contributed by atoms with E-state index in [0.29, 0.717) is 0 Å². The summed E-state index contributed by atoms with van der Waals surface area (Å²) in [7, 11) is -3.61. The molecule has 90 valence electrons. The van der Waals surface area contributed by atoms with Crippen LogP contribution in [0.2, 0.25) is 0 Å². The van der Waals surface area contributed by atoms with E-state index in [1.165, 1.54) is 12.5 Å². The number of hydrogen-bond donors (Lipinski definition) is 3. The van der Waals surface area contributed by atoms with E-state index in [4.69, 9.17) is 5.11 Å². The normalized spacial score (nSPS) is 13.6. The highest BCUT2D eigenvalue weighted by Gasteiger charge is 2.17. The lowest BCUT2D eigenvalue weighted by Crippen LogP contribution is -2.29. The van der Waals surface area contributed by atoms with Gasteiger partial charge in [-0.3, -0.25) is 4.79 Å². The van der Waals surface area contributed by atoms with Crippen molar-refractivity contribution in [2.75, 3.05) is 6.54 Å². The van der Waals surface area contributed by atoms with Gasteiger partial charge in [-0.2, -0.15) is 0 Å². The molecule has 0 amide bonds. The van der Waals surface area contributed by atoms with Crippen LogP contribution in [-0.4, -0.2) is 36.0 Å². The minimum absolute atomic E-state index is 0.0324. The molecule has 0 spiro atoms. The van der Waals surface area contributed by atoms with Crippen LogP contribution in [0.3, 0.4) is 0 Å². The molecule has 0 aliphatic carbocycles. The molecule has 0 bridgehead atoms. The third-order valence-corrected chi connectivity index (χ3v) is 3.26. The number of carboxylic acid groups (broad SMARTS) is 1. The summed E-state index contributed by atoms with van der Waals surface area (Å²) in [6.45, 7) is 1.73. The maximum absolute atomic E-state index is 11.6. The number of aromatic amines is 1. The van der Waals surface area contributed by atoms with Crippen molar-refractivity contribution >= 4 is 16.0 Å². The number of nitrogens with zero attached hydrogens (tertiary/aromatic N) is 1. The van der Waals surface area contributed by atoms with Crippen LogP contribution < -0.4 is 4.72 Å². The standard InChI is InChI=1S/C8H13N3O4S/c1-6(2-8(12)13)3-11-16(14,15)7-4-9-5-10-7/h4-6,11H,2-3H2,1H3,(H,9,10)(H,12,13). The molecule has 1 heterocycles. The first kappa shape index (κ1) is 12.7. The van der Waals surface area contributed by atoms with Crippen LogP contribution in [0, 0.1) is 5.92 Å². The summed E-state index contributed by atoms with van der Waals surface area (Å²) in [4.78, 5) is 16.4. The summed E-state index contributed by atoms with van der Waals surface area (Å²) in [5, 5.41) is 8.47. The Labute approximate surface area is 93.0 Å². The molecule has 1 aromatic heterocycles. The van der Waals surface area contributed by atoms with Crippen LogP contribution in [0.25, 0.3) is 0 Å². The fourth-order valence-electron chi connectivity index (χ4n) is 1.09. The highest BCUT2D eigenvalue weighted by molar-refractivity contribution is 7.89. The van der Waals surface area contributed by atoms with E-state index in [9.17, 15) is 13.2 Å². The SMILES string of the molecule is CC(CNS(=O)(=O)c1cnc[nH]1)CC(=O)O. The van der Waals surface area contributed by atoms with Gasteiger partial charge in [0.05, 0.1) is 12.5 Å². The van der Waals surface area contributed by atoms with Crippen LogP contribution in [0.1, 0.15) is 13.3 Å². The average molecular weight is 247 g/mol. The molecule has 0 aliphatic heterocycles. The summed E-state index contributed by atoms with van der Waals surface area (Å²) >= 11 is 0. The topological polar surface area (TPSA) is 112 Å². The van der Waals surface area contributed by atoms with E-state index in [1.807, 2.05) is 0 Å². The Morgan fingerprint density at radius 3 is 2.88 bits per heavy atom. The smallest absolute Gasteiger partial charge is 0.303 e. The molecule has 3 N–H and O–H groups in total. The quantitative estimate of drug-likeness (QED) is 0.644. The van der Waals surface area contributed by atoms with Crippen LogP contribution >= 0.6 is 0 Å². The number of aromatic nitrogens is 2. The predicted octanol–water partition coefficient (Wildman–Crippen LogP) is -0.201. The number of H-pyrrole nitrogens is 1. The zero-order chi connectivity index (χ0) is 12.2. The number of carbonyl (C=O) groups is 1. The maximum atomic E-state index is 11.6. The molecule has 1 unspecified atom stereocenters. The zero-order valence-corrected chi connectivity index (χ0v) is 9.49. The van der Waals surface area contributed by atoms with Gasteiger partial charge in [0.2, 0.25) is 0 Å². The molecule has 0 aromatic carbocycles. The fourth-order valence-corrected chi connectivity index (χ4v) is 2.16. The van der Waals surface area contributed by atoms with Gasteiger partial charge in [-0.25, -0.2) is 18.1 Å². The summed E-state index contributed by atoms with van der Waals surface area (Å²) in [6.07, 6.45) is 2.37. The Balaban J connectivity index is 2.52. The molecule has 1 atom stereocenters. The van der Waals surface area contributed by atoms with Gasteiger partial charge in [0.25, 0.3) is 10.0 Å². The fraction of sp³-hybridized carbons (Fsp3) is 0.500. The van der Waals surface area contributed by atoms with Gasteiger partial charge >= 0.3 is 5.97 Å². The molecule has 8 heteroatoms. The van der Waals surface area contributed by atoms with E-state index >= 15 is 0 Å². The van der Waals surface area contributed by atoms with Gasteiger partial charge in [0, 0.05) is 13.0 Å². The molecule has 0 radical (unpaired) electrons. The highest BCUT2D eigenvalue weighted by Crippen LogP contribution is 2.05. The molecular formula is C8H13N3O4S. The lowest BCUT2D eigenvalue weighted by atomic mass is 10.1. The van der Waals surface area contributed by atoms with E-state index < -0.39 is 16.0 Å². The Hall–Kier alpha value is -1.41. The van der Waals surface area contributed by atoms with Crippen LogP contribution in [0.5, 0.6) is 0 Å². The van der Waals surface area contributed by atoms with Gasteiger partial charge in [-0.15, -0.1) is 0 Å². The first-order chi connectivity index (χ1) is 7.42. The molecule has 7 nitrogen and oxygen atoms in total.